The van der Waals surface area contributed by atoms with Crippen molar-refractivity contribution in [1.82, 2.24) is 0 Å². The van der Waals surface area contributed by atoms with Gasteiger partial charge in [-0.05, 0) is 49.4 Å². The fraction of sp³-hybridized carbons (Fsp3) is 0.943. The summed E-state index contributed by atoms with van der Waals surface area (Å²) < 4.78 is 68.2. The smallest absolute Gasteiger partial charge is 0.462 e. The Hall–Kier alpha value is -1.94. The molecule has 528 valence electrons. The number of phosphoric ester groups is 2. The van der Waals surface area contributed by atoms with E-state index in [1.54, 1.807) is 0 Å². The van der Waals surface area contributed by atoms with E-state index in [0.29, 0.717) is 37.5 Å². The van der Waals surface area contributed by atoms with Gasteiger partial charge in [-0.25, -0.2) is 9.13 Å². The molecule has 2 unspecified atom stereocenters. The summed E-state index contributed by atoms with van der Waals surface area (Å²) >= 11 is 0. The topological polar surface area (TPSA) is 237 Å². The van der Waals surface area contributed by atoms with E-state index in [9.17, 15) is 43.2 Å². The minimum absolute atomic E-state index is 0.102. The number of carbonyl (C=O) groups excluding carboxylic acids is 4. The summed E-state index contributed by atoms with van der Waals surface area (Å²) in [5, 5.41) is 10.6. The van der Waals surface area contributed by atoms with E-state index in [1.165, 1.54) is 141 Å². The number of phosphoric acid groups is 2. The minimum Gasteiger partial charge on any atom is -0.462 e. The molecule has 89 heavy (non-hydrogen) atoms. The monoisotopic (exact) mass is 1310 g/mol. The maximum atomic E-state index is 13.0. The SMILES string of the molecule is CC(C)CCCCCCCCCCCCCCCCCC(=O)OC[C@H](COP(=O)(O)OC[C@@H](O)COP(=O)(O)OC[C@@H](COC(=O)CCCCCCCCC(C)C)OC(=O)CCCCCCCCCCCCC(C)C)OC(=O)CCCCCCCCC(C)C. The molecule has 0 aliphatic rings. The van der Waals surface area contributed by atoms with Gasteiger partial charge in [0.25, 0.3) is 0 Å². The number of carbonyl (C=O) groups is 4. The molecule has 0 fully saturated rings. The van der Waals surface area contributed by atoms with Crippen LogP contribution in [0.2, 0.25) is 0 Å². The van der Waals surface area contributed by atoms with Gasteiger partial charge in [0, 0.05) is 25.7 Å². The molecule has 0 radical (unpaired) electrons. The van der Waals surface area contributed by atoms with Gasteiger partial charge >= 0.3 is 39.5 Å². The van der Waals surface area contributed by atoms with Gasteiger partial charge in [0.2, 0.25) is 0 Å². The fourth-order valence-corrected chi connectivity index (χ4v) is 12.1. The second-order valence-electron chi connectivity index (χ2n) is 27.2. The molecule has 0 spiro atoms. The highest BCUT2D eigenvalue weighted by molar-refractivity contribution is 7.47. The molecule has 0 aromatic carbocycles. The third kappa shape index (κ3) is 64.6. The van der Waals surface area contributed by atoms with Crippen molar-refractivity contribution >= 4 is 39.5 Å². The zero-order chi connectivity index (χ0) is 66.1. The van der Waals surface area contributed by atoms with Crippen LogP contribution >= 0.6 is 15.6 Å². The first kappa shape index (κ1) is 87.1. The Morgan fingerprint density at radius 3 is 0.697 bits per heavy atom. The maximum Gasteiger partial charge on any atom is 0.472 e. The van der Waals surface area contributed by atoms with E-state index in [0.717, 1.165) is 108 Å². The summed E-state index contributed by atoms with van der Waals surface area (Å²) in [4.78, 5) is 72.4. The molecule has 19 heteroatoms. The van der Waals surface area contributed by atoms with E-state index < -0.39 is 97.5 Å². The first-order chi connectivity index (χ1) is 42.6. The number of hydrogen-bond donors (Lipinski definition) is 3. The van der Waals surface area contributed by atoms with Crippen molar-refractivity contribution in [3.8, 4) is 0 Å². The lowest BCUT2D eigenvalue weighted by molar-refractivity contribution is -0.161. The molecule has 0 saturated heterocycles. The summed E-state index contributed by atoms with van der Waals surface area (Å²) in [6, 6.07) is 0. The Balaban J connectivity index is 5.16. The number of hydrogen-bond acceptors (Lipinski definition) is 15. The first-order valence-corrected chi connectivity index (χ1v) is 39.2. The Labute approximate surface area is 543 Å². The summed E-state index contributed by atoms with van der Waals surface area (Å²) in [7, 11) is -9.90. The van der Waals surface area contributed by atoms with Crippen LogP contribution in [0.5, 0.6) is 0 Å². The van der Waals surface area contributed by atoms with Crippen LogP contribution in [0.25, 0.3) is 0 Å². The molecule has 0 amide bonds. The van der Waals surface area contributed by atoms with Crippen LogP contribution in [-0.4, -0.2) is 96.7 Å². The number of ether oxygens (including phenoxy) is 4. The molecule has 0 rings (SSSR count). The summed E-state index contributed by atoms with van der Waals surface area (Å²) in [5.74, 6) is 0.771. The largest absolute Gasteiger partial charge is 0.472 e. The molecule has 0 aromatic rings. The van der Waals surface area contributed by atoms with E-state index in [2.05, 4.69) is 55.4 Å². The van der Waals surface area contributed by atoms with Crippen molar-refractivity contribution in [2.75, 3.05) is 39.6 Å². The molecular weight excluding hydrogens is 1170 g/mol. The highest BCUT2D eigenvalue weighted by Crippen LogP contribution is 2.45. The van der Waals surface area contributed by atoms with Crippen molar-refractivity contribution in [2.45, 2.75) is 363 Å². The number of aliphatic hydroxyl groups is 1. The summed E-state index contributed by atoms with van der Waals surface area (Å²) in [6.07, 6.45) is 42.1. The molecule has 0 aliphatic carbocycles. The average Bonchev–Trinajstić information content (AvgIpc) is 3.65. The van der Waals surface area contributed by atoms with Gasteiger partial charge in [-0.1, -0.05) is 293 Å². The molecular formula is C70H136O17P2. The third-order valence-electron chi connectivity index (χ3n) is 16.1. The van der Waals surface area contributed by atoms with Crippen molar-refractivity contribution < 1.29 is 80.2 Å². The molecule has 17 nitrogen and oxygen atoms in total. The van der Waals surface area contributed by atoms with Gasteiger partial charge in [0.15, 0.2) is 12.2 Å². The molecule has 0 aromatic heterocycles. The quantitative estimate of drug-likeness (QED) is 0.0222. The van der Waals surface area contributed by atoms with Crippen molar-refractivity contribution in [2.24, 2.45) is 23.7 Å². The number of rotatable bonds is 67. The second-order valence-corrected chi connectivity index (χ2v) is 30.1. The van der Waals surface area contributed by atoms with Crippen molar-refractivity contribution in [3.05, 3.63) is 0 Å². The highest BCUT2D eigenvalue weighted by atomic mass is 31.2. The molecule has 3 N–H and O–H groups in total. The summed E-state index contributed by atoms with van der Waals surface area (Å²) in [6.45, 7) is 14.0. The third-order valence-corrected chi connectivity index (χ3v) is 18.0. The Bertz CT molecular complexity index is 1760. The average molecular weight is 1310 g/mol. The molecule has 0 saturated carbocycles. The maximum absolute atomic E-state index is 13.0. The molecule has 0 aliphatic heterocycles. The van der Waals surface area contributed by atoms with E-state index in [4.69, 9.17) is 37.0 Å². The van der Waals surface area contributed by atoms with E-state index >= 15 is 0 Å². The van der Waals surface area contributed by atoms with Gasteiger partial charge in [-0.3, -0.25) is 37.3 Å². The van der Waals surface area contributed by atoms with Crippen LogP contribution in [0.3, 0.4) is 0 Å². The second kappa shape index (κ2) is 59.8. The van der Waals surface area contributed by atoms with Crippen LogP contribution in [-0.2, 0) is 65.4 Å². The zero-order valence-corrected chi connectivity index (χ0v) is 59.8. The predicted molar refractivity (Wildman–Crippen MR) is 358 cm³/mol. The molecule has 5 atom stereocenters. The standard InChI is InChI=1S/C70H136O17P2/c1-60(2)46-38-30-22-18-14-12-10-9-11-13-15-20-24-34-42-50-67(72)80-56-66(87-70(75)53-45-37-29-27-33-41-49-63(7)8)59-85-89(78,79)83-55-64(71)54-82-88(76,77)84-58-65(57-81-68(73)51-43-35-28-26-32-40-48-62(5)6)86-69(74)52-44-36-25-21-17-16-19-23-31-39-47-61(3)4/h60-66,71H,9-59H2,1-8H3,(H,76,77)(H,78,79)/t64-,65+,66+/m0/s1. The van der Waals surface area contributed by atoms with Gasteiger partial charge < -0.3 is 33.8 Å². The van der Waals surface area contributed by atoms with Crippen LogP contribution in [0.15, 0.2) is 0 Å². The van der Waals surface area contributed by atoms with Crippen LogP contribution in [0, 0.1) is 23.7 Å². The van der Waals surface area contributed by atoms with Gasteiger partial charge in [-0.2, -0.15) is 0 Å². The van der Waals surface area contributed by atoms with Crippen LogP contribution in [0.4, 0.5) is 0 Å². The van der Waals surface area contributed by atoms with Crippen LogP contribution < -0.4 is 0 Å². The lowest BCUT2D eigenvalue weighted by Gasteiger charge is -2.21. The molecule has 0 bridgehead atoms. The highest BCUT2D eigenvalue weighted by Gasteiger charge is 2.30. The predicted octanol–water partition coefficient (Wildman–Crippen LogP) is 19.7. The van der Waals surface area contributed by atoms with Crippen molar-refractivity contribution in [3.63, 3.8) is 0 Å². The lowest BCUT2D eigenvalue weighted by atomic mass is 10.0. The summed E-state index contributed by atoms with van der Waals surface area (Å²) in [5.41, 5.74) is 0. The van der Waals surface area contributed by atoms with Gasteiger partial charge in [0.1, 0.15) is 19.3 Å². The van der Waals surface area contributed by atoms with Gasteiger partial charge in [0.05, 0.1) is 26.4 Å². The van der Waals surface area contributed by atoms with E-state index in [-0.39, 0.29) is 25.7 Å². The Morgan fingerprint density at radius 1 is 0.281 bits per heavy atom. The normalized spacial score (nSPS) is 14.3. The number of esters is 4. The number of aliphatic hydroxyl groups excluding tert-OH is 1. The first-order valence-electron chi connectivity index (χ1n) is 36.2. The lowest BCUT2D eigenvalue weighted by Crippen LogP contribution is -2.30. The van der Waals surface area contributed by atoms with E-state index in [1.807, 2.05) is 0 Å². The van der Waals surface area contributed by atoms with Crippen molar-refractivity contribution in [1.29, 1.82) is 0 Å². The minimum atomic E-state index is -4.95. The molecule has 0 heterocycles. The van der Waals surface area contributed by atoms with Crippen LogP contribution in [0.1, 0.15) is 344 Å². The number of unbranched alkanes of at least 4 members (excludes halogenated alkanes) is 33. The van der Waals surface area contributed by atoms with Gasteiger partial charge in [-0.15, -0.1) is 0 Å². The zero-order valence-electron chi connectivity index (χ0n) is 58.1. The fourth-order valence-electron chi connectivity index (χ4n) is 10.5. The Morgan fingerprint density at radius 2 is 0.472 bits per heavy atom. The Kier molecular flexibility index (Phi) is 58.5.